The van der Waals surface area contributed by atoms with Crippen LogP contribution in [0.4, 0.5) is 0 Å². The fourth-order valence-corrected chi connectivity index (χ4v) is 3.01. The largest absolute Gasteiger partial charge is 0.389 e. The number of allylic oxidation sites excluding steroid dienone is 1. The zero-order valence-electron chi connectivity index (χ0n) is 11.8. The third kappa shape index (κ3) is 3.23. The molecule has 0 saturated heterocycles. The molecule has 18 heavy (non-hydrogen) atoms. The molecule has 0 saturated carbocycles. The van der Waals surface area contributed by atoms with E-state index in [9.17, 15) is 5.11 Å². The lowest BCUT2D eigenvalue weighted by Crippen LogP contribution is -2.02. The monoisotopic (exact) mass is 244 g/mol. The Hall–Kier alpha value is -1.08. The lowest BCUT2D eigenvalue weighted by Gasteiger charge is -2.13. The molecule has 98 valence electrons. The van der Waals surface area contributed by atoms with Gasteiger partial charge in [-0.1, -0.05) is 35.8 Å². The summed E-state index contributed by atoms with van der Waals surface area (Å²) in [6, 6.07) is 4.52. The average Bonchev–Trinajstić information content (AvgIpc) is 2.48. The van der Waals surface area contributed by atoms with Crippen molar-refractivity contribution in [2.75, 3.05) is 0 Å². The number of aliphatic hydroxyl groups is 1. The van der Waals surface area contributed by atoms with E-state index < -0.39 is 0 Å². The Morgan fingerprint density at radius 1 is 1.11 bits per heavy atom. The molecule has 1 N–H and O–H groups in total. The van der Waals surface area contributed by atoms with E-state index in [0.29, 0.717) is 0 Å². The fraction of sp³-hybridized carbons (Fsp3) is 0.529. The first-order valence-corrected chi connectivity index (χ1v) is 7.00. The van der Waals surface area contributed by atoms with E-state index >= 15 is 0 Å². The number of hydrogen-bond acceptors (Lipinski definition) is 1. The Balaban J connectivity index is 2.23. The first kappa shape index (κ1) is 13.4. The van der Waals surface area contributed by atoms with Gasteiger partial charge in [0.15, 0.2) is 0 Å². The van der Waals surface area contributed by atoms with Crippen LogP contribution < -0.4 is 0 Å². The highest BCUT2D eigenvalue weighted by molar-refractivity contribution is 5.40. The Bertz CT molecular complexity index is 434. The molecule has 0 aliphatic heterocycles. The van der Waals surface area contributed by atoms with Crippen molar-refractivity contribution in [3.8, 4) is 0 Å². The maximum Gasteiger partial charge on any atom is 0.0723 e. The van der Waals surface area contributed by atoms with E-state index in [4.69, 9.17) is 0 Å². The van der Waals surface area contributed by atoms with Crippen LogP contribution >= 0.6 is 0 Å². The molecule has 0 bridgehead atoms. The molecule has 0 aromatic heterocycles. The van der Waals surface area contributed by atoms with Crippen molar-refractivity contribution in [2.24, 2.45) is 0 Å². The zero-order chi connectivity index (χ0) is 13.1. The molecule has 1 aromatic rings. The van der Waals surface area contributed by atoms with Crippen molar-refractivity contribution >= 4 is 0 Å². The third-order valence-electron chi connectivity index (χ3n) is 3.92. The summed E-state index contributed by atoms with van der Waals surface area (Å²) in [5, 5.41) is 9.84. The predicted molar refractivity (Wildman–Crippen MR) is 76.9 cm³/mol. The summed E-state index contributed by atoms with van der Waals surface area (Å²) in [6.45, 7) is 6.55. The first-order valence-electron chi connectivity index (χ1n) is 7.00. The van der Waals surface area contributed by atoms with Crippen molar-refractivity contribution in [1.29, 1.82) is 0 Å². The van der Waals surface area contributed by atoms with Gasteiger partial charge < -0.3 is 5.11 Å². The molecular formula is C17H24O. The van der Waals surface area contributed by atoms with Gasteiger partial charge in [0.2, 0.25) is 0 Å². The van der Waals surface area contributed by atoms with Gasteiger partial charge >= 0.3 is 0 Å². The Kier molecular flexibility index (Phi) is 4.23. The number of rotatable bonds is 2. The quantitative estimate of drug-likeness (QED) is 0.779. The lowest BCUT2D eigenvalue weighted by molar-refractivity contribution is 0.211. The van der Waals surface area contributed by atoms with Crippen LogP contribution in [0.1, 0.15) is 47.9 Å². The van der Waals surface area contributed by atoms with Crippen LogP contribution in [-0.2, 0) is 6.42 Å². The first-order chi connectivity index (χ1) is 8.56. The molecule has 0 fully saturated rings. The number of aryl methyl sites for hydroxylation is 3. The van der Waals surface area contributed by atoms with Gasteiger partial charge in [-0.3, -0.25) is 0 Å². The predicted octanol–water partition coefficient (Wildman–Crippen LogP) is 4.02. The molecule has 0 amide bonds. The maximum atomic E-state index is 9.84. The van der Waals surface area contributed by atoms with Gasteiger partial charge in [-0.05, 0) is 63.1 Å². The third-order valence-corrected chi connectivity index (χ3v) is 3.92. The summed E-state index contributed by atoms with van der Waals surface area (Å²) in [5.41, 5.74) is 6.96. The maximum absolute atomic E-state index is 9.84. The summed E-state index contributed by atoms with van der Waals surface area (Å²) < 4.78 is 0. The zero-order valence-corrected chi connectivity index (χ0v) is 11.8. The number of aliphatic hydroxyl groups excluding tert-OH is 1. The molecule has 1 atom stereocenters. The summed E-state index contributed by atoms with van der Waals surface area (Å²) in [4.78, 5) is 0. The average molecular weight is 244 g/mol. The molecule has 0 heterocycles. The highest BCUT2D eigenvalue weighted by Gasteiger charge is 2.12. The van der Waals surface area contributed by atoms with Gasteiger partial charge in [0.05, 0.1) is 6.10 Å². The van der Waals surface area contributed by atoms with Gasteiger partial charge in [-0.2, -0.15) is 0 Å². The lowest BCUT2D eigenvalue weighted by atomic mass is 9.92. The van der Waals surface area contributed by atoms with E-state index in [1.165, 1.54) is 34.2 Å². The minimum absolute atomic E-state index is 0.228. The number of benzene rings is 1. The van der Waals surface area contributed by atoms with Crippen molar-refractivity contribution in [2.45, 2.75) is 59.0 Å². The van der Waals surface area contributed by atoms with Crippen LogP contribution in [0.2, 0.25) is 0 Å². The fourth-order valence-electron chi connectivity index (χ4n) is 3.01. The Morgan fingerprint density at radius 2 is 1.78 bits per heavy atom. The molecule has 1 aliphatic rings. The minimum atomic E-state index is -0.228. The Labute approximate surface area is 111 Å². The normalized spacial score (nSPS) is 20.4. The van der Waals surface area contributed by atoms with Gasteiger partial charge in [0.1, 0.15) is 0 Å². The highest BCUT2D eigenvalue weighted by Crippen LogP contribution is 2.25. The Morgan fingerprint density at radius 3 is 2.44 bits per heavy atom. The molecule has 1 heteroatoms. The summed E-state index contributed by atoms with van der Waals surface area (Å²) in [5.74, 6) is 0. The second-order valence-electron chi connectivity index (χ2n) is 5.69. The molecular weight excluding hydrogens is 220 g/mol. The van der Waals surface area contributed by atoms with Crippen molar-refractivity contribution in [3.63, 3.8) is 0 Å². The SMILES string of the molecule is Cc1cc(C)c(CC2=CC(O)CCCC2)c(C)c1. The topological polar surface area (TPSA) is 20.2 Å². The van der Waals surface area contributed by atoms with E-state index in [1.54, 1.807) is 0 Å². The van der Waals surface area contributed by atoms with Crippen LogP contribution in [-0.4, -0.2) is 11.2 Å². The summed E-state index contributed by atoms with van der Waals surface area (Å²) in [7, 11) is 0. The van der Waals surface area contributed by atoms with Crippen LogP contribution in [0.3, 0.4) is 0 Å². The second kappa shape index (κ2) is 5.71. The van der Waals surface area contributed by atoms with E-state index in [0.717, 1.165) is 25.7 Å². The van der Waals surface area contributed by atoms with E-state index in [1.807, 2.05) is 0 Å². The van der Waals surface area contributed by atoms with Crippen LogP contribution in [0, 0.1) is 20.8 Å². The molecule has 0 spiro atoms. The number of hydrogen-bond donors (Lipinski definition) is 1. The van der Waals surface area contributed by atoms with Crippen LogP contribution in [0.25, 0.3) is 0 Å². The smallest absolute Gasteiger partial charge is 0.0723 e. The summed E-state index contributed by atoms with van der Waals surface area (Å²) in [6.07, 6.45) is 7.30. The van der Waals surface area contributed by atoms with E-state index in [2.05, 4.69) is 39.0 Å². The van der Waals surface area contributed by atoms with Crippen molar-refractivity contribution < 1.29 is 5.11 Å². The van der Waals surface area contributed by atoms with Crippen LogP contribution in [0.15, 0.2) is 23.8 Å². The second-order valence-corrected chi connectivity index (χ2v) is 5.69. The van der Waals surface area contributed by atoms with Crippen LogP contribution in [0.5, 0.6) is 0 Å². The molecule has 2 rings (SSSR count). The molecule has 0 radical (unpaired) electrons. The van der Waals surface area contributed by atoms with Gasteiger partial charge in [0, 0.05) is 0 Å². The van der Waals surface area contributed by atoms with Crippen molar-refractivity contribution in [1.82, 2.24) is 0 Å². The van der Waals surface area contributed by atoms with Gasteiger partial charge in [0.25, 0.3) is 0 Å². The van der Waals surface area contributed by atoms with Crippen molar-refractivity contribution in [3.05, 3.63) is 46.0 Å². The standard InChI is InChI=1S/C17H24O/c1-12-8-13(2)17(14(3)9-12)11-15-6-4-5-7-16(18)10-15/h8-10,16,18H,4-7,11H2,1-3H3. The molecule has 1 nitrogen and oxygen atoms in total. The molecule has 1 unspecified atom stereocenters. The molecule has 1 aromatic carbocycles. The van der Waals surface area contributed by atoms with Gasteiger partial charge in [-0.25, -0.2) is 0 Å². The molecule has 1 aliphatic carbocycles. The highest BCUT2D eigenvalue weighted by atomic mass is 16.3. The van der Waals surface area contributed by atoms with E-state index in [-0.39, 0.29) is 6.10 Å². The minimum Gasteiger partial charge on any atom is -0.389 e. The van der Waals surface area contributed by atoms with Gasteiger partial charge in [-0.15, -0.1) is 0 Å². The summed E-state index contributed by atoms with van der Waals surface area (Å²) >= 11 is 0.